The Morgan fingerprint density at radius 1 is 0.701 bits per heavy atom. The molecule has 8 unspecified atom stereocenters. The second-order valence-electron chi connectivity index (χ2n) is 15.4. The lowest BCUT2D eigenvalue weighted by molar-refractivity contribution is -0.142. The average Bonchev–Trinajstić information content (AvgIpc) is 3.28. The smallest absolute Gasteiger partial charge is 0.326 e. The molecule has 0 saturated heterocycles. The van der Waals surface area contributed by atoms with Crippen LogP contribution in [0.2, 0.25) is 0 Å². The van der Waals surface area contributed by atoms with Crippen molar-refractivity contribution in [1.82, 2.24) is 37.2 Å². The molecule has 1 aromatic carbocycles. The first-order valence-electron chi connectivity index (χ1n) is 21.4. The van der Waals surface area contributed by atoms with E-state index in [1.807, 2.05) is 0 Å². The summed E-state index contributed by atoms with van der Waals surface area (Å²) in [7, 11) is 0. The van der Waals surface area contributed by atoms with E-state index in [2.05, 4.69) is 54.8 Å². The number of nitrogens with two attached hydrogens (primary N) is 4. The van der Waals surface area contributed by atoms with Gasteiger partial charge in [0.1, 0.15) is 36.3 Å². The van der Waals surface area contributed by atoms with Crippen LogP contribution in [-0.4, -0.2) is 149 Å². The number of amides is 8. The van der Waals surface area contributed by atoms with Crippen molar-refractivity contribution in [2.24, 2.45) is 33.8 Å². The van der Waals surface area contributed by atoms with Gasteiger partial charge in [-0.2, -0.15) is 24.4 Å². The highest BCUT2D eigenvalue weighted by Crippen LogP contribution is 2.11. The van der Waals surface area contributed by atoms with Gasteiger partial charge in [0.15, 0.2) is 5.96 Å². The van der Waals surface area contributed by atoms with E-state index in [1.165, 1.54) is 11.8 Å². The van der Waals surface area contributed by atoms with E-state index >= 15 is 0 Å². The second kappa shape index (κ2) is 31.7. The molecule has 0 fully saturated rings. The fraction of sp³-hybridized carbons (Fsp3) is 0.585. The van der Waals surface area contributed by atoms with Crippen LogP contribution in [0.25, 0.3) is 0 Å². The summed E-state index contributed by atoms with van der Waals surface area (Å²) < 4.78 is 0. The van der Waals surface area contributed by atoms with E-state index in [0.717, 1.165) is 5.56 Å². The molecule has 0 aliphatic heterocycles. The Hall–Kier alpha value is -6.15. The van der Waals surface area contributed by atoms with Gasteiger partial charge in [-0.1, -0.05) is 50.6 Å². The standard InChI is InChI=1S/C41H66N12O12S2/c1-4-22(2)33(39(63)47-20-31(55)48-25(11-8-17-46-41(44)45)35(59)51-28(40(64)65)12-14-30(43)54)53-37(61)27(16-18-67-3)50-36(60)26(13-15-32(56)57)49-38(62)29(21-66)52-34(58)24(42)19-23-9-6-5-7-10-23/h5-7,9-10,22,24-29,33,66H,4,8,11-21,42H2,1-3H3,(H2,43,54)(H,47,63)(H,48,55)(H,49,62)(H,50,60)(H,51,59)(H,52,58)(H,53,61)(H,56,57)(H,64,65)(H4,44,45,46). The lowest BCUT2D eigenvalue weighted by Crippen LogP contribution is -2.60. The minimum atomic E-state index is -1.52. The van der Waals surface area contributed by atoms with Gasteiger partial charge in [-0.05, 0) is 62.0 Å². The first kappa shape index (κ1) is 58.9. The predicted molar refractivity (Wildman–Crippen MR) is 252 cm³/mol. The van der Waals surface area contributed by atoms with E-state index in [9.17, 15) is 58.2 Å². The number of nitrogens with zero attached hydrogens (tertiary/aromatic N) is 1. The first-order valence-corrected chi connectivity index (χ1v) is 23.4. The fourth-order valence-electron chi connectivity index (χ4n) is 6.09. The number of benzene rings is 1. The van der Waals surface area contributed by atoms with Crippen molar-refractivity contribution in [1.29, 1.82) is 0 Å². The molecular weight excluding hydrogens is 917 g/mol. The van der Waals surface area contributed by atoms with Crippen LogP contribution in [0.5, 0.6) is 0 Å². The van der Waals surface area contributed by atoms with Crippen molar-refractivity contribution in [2.45, 2.75) is 114 Å². The Bertz CT molecular complexity index is 1880. The molecule has 1 aromatic rings. The molecule has 8 amide bonds. The van der Waals surface area contributed by atoms with E-state index in [-0.39, 0.29) is 56.8 Å². The molecule has 374 valence electrons. The summed E-state index contributed by atoms with van der Waals surface area (Å²) >= 11 is 5.51. The monoisotopic (exact) mass is 982 g/mol. The lowest BCUT2D eigenvalue weighted by Gasteiger charge is -2.28. The molecule has 0 bridgehead atoms. The Morgan fingerprint density at radius 2 is 1.24 bits per heavy atom. The molecule has 0 spiro atoms. The van der Waals surface area contributed by atoms with Crippen LogP contribution < -0.4 is 60.2 Å². The number of carbonyl (C=O) groups is 10. The number of hydrogen-bond donors (Lipinski definition) is 14. The molecule has 0 aliphatic rings. The molecule has 1 rings (SSSR count). The summed E-state index contributed by atoms with van der Waals surface area (Å²) in [5, 5.41) is 36.2. The number of aliphatic imine (C=N–C) groups is 1. The van der Waals surface area contributed by atoms with Crippen molar-refractivity contribution in [3.8, 4) is 0 Å². The van der Waals surface area contributed by atoms with Gasteiger partial charge in [0, 0.05) is 25.1 Å². The minimum Gasteiger partial charge on any atom is -0.481 e. The quantitative estimate of drug-likeness (QED) is 0.0141. The highest BCUT2D eigenvalue weighted by Gasteiger charge is 2.34. The van der Waals surface area contributed by atoms with Crippen molar-refractivity contribution in [3.05, 3.63) is 35.9 Å². The van der Waals surface area contributed by atoms with Gasteiger partial charge in [-0.3, -0.25) is 48.1 Å². The highest BCUT2D eigenvalue weighted by atomic mass is 32.2. The zero-order valence-corrected chi connectivity index (χ0v) is 39.5. The third-order valence-electron chi connectivity index (χ3n) is 10.1. The largest absolute Gasteiger partial charge is 0.481 e. The maximum Gasteiger partial charge on any atom is 0.326 e. The maximum atomic E-state index is 13.9. The van der Waals surface area contributed by atoms with E-state index in [1.54, 1.807) is 50.4 Å². The number of carboxylic acids is 2. The Labute approximate surface area is 398 Å². The molecule has 67 heavy (non-hydrogen) atoms. The first-order chi connectivity index (χ1) is 31.6. The van der Waals surface area contributed by atoms with Gasteiger partial charge in [-0.15, -0.1) is 0 Å². The number of hydrogen-bond acceptors (Lipinski definition) is 14. The third-order valence-corrected chi connectivity index (χ3v) is 11.1. The molecule has 0 aliphatic carbocycles. The minimum absolute atomic E-state index is 0.0299. The summed E-state index contributed by atoms with van der Waals surface area (Å²) in [5.74, 6) is -10.1. The van der Waals surface area contributed by atoms with Crippen molar-refractivity contribution < 1.29 is 58.2 Å². The van der Waals surface area contributed by atoms with Crippen LogP contribution in [0.3, 0.4) is 0 Å². The van der Waals surface area contributed by atoms with Crippen LogP contribution in [0.1, 0.15) is 70.8 Å². The number of carbonyl (C=O) groups excluding carboxylic acids is 8. The fourth-order valence-corrected chi connectivity index (χ4v) is 6.82. The van der Waals surface area contributed by atoms with E-state index in [4.69, 9.17) is 22.9 Å². The van der Waals surface area contributed by atoms with Gasteiger partial charge in [0.25, 0.3) is 0 Å². The van der Waals surface area contributed by atoms with Gasteiger partial charge in [0.2, 0.25) is 47.3 Å². The molecule has 8 atom stereocenters. The molecule has 0 heterocycles. The molecule has 0 aromatic heterocycles. The van der Waals surface area contributed by atoms with Crippen molar-refractivity contribution in [3.63, 3.8) is 0 Å². The predicted octanol–water partition coefficient (Wildman–Crippen LogP) is -3.42. The summed E-state index contributed by atoms with van der Waals surface area (Å²) in [6.07, 6.45) is 0.744. The number of thioether (sulfide) groups is 1. The van der Waals surface area contributed by atoms with Crippen molar-refractivity contribution >= 4 is 89.5 Å². The number of aliphatic carboxylic acids is 2. The molecule has 17 N–H and O–H groups in total. The van der Waals surface area contributed by atoms with Crippen LogP contribution in [0.4, 0.5) is 0 Å². The zero-order chi connectivity index (χ0) is 50.6. The normalized spacial score (nSPS) is 14.4. The number of primary amides is 1. The number of carboxylic acid groups (broad SMARTS) is 2. The van der Waals surface area contributed by atoms with E-state index < -0.39 is 127 Å². The van der Waals surface area contributed by atoms with Crippen molar-refractivity contribution in [2.75, 3.05) is 30.9 Å². The molecular formula is C41H66N12O12S2. The van der Waals surface area contributed by atoms with Gasteiger partial charge < -0.3 is 70.4 Å². The topological polar surface area (TPSA) is 412 Å². The summed E-state index contributed by atoms with van der Waals surface area (Å²) in [6.45, 7) is 2.74. The molecule has 0 saturated carbocycles. The number of nitrogens with one attached hydrogen (secondary N) is 7. The highest BCUT2D eigenvalue weighted by molar-refractivity contribution is 7.98. The molecule has 0 radical (unpaired) electrons. The Balaban J connectivity index is 3.18. The van der Waals surface area contributed by atoms with Crippen LogP contribution in [-0.2, 0) is 54.4 Å². The SMILES string of the molecule is CCC(C)C(NC(=O)C(CCSC)NC(=O)C(CCC(=O)O)NC(=O)C(CS)NC(=O)C(N)Cc1ccccc1)C(=O)NCC(=O)NC(CCCN=C(N)N)C(=O)NC(CCC(N)=O)C(=O)O. The van der Waals surface area contributed by atoms with Gasteiger partial charge >= 0.3 is 11.9 Å². The summed E-state index contributed by atoms with van der Waals surface area (Å²) in [5.41, 5.74) is 22.7. The number of rotatable bonds is 33. The second-order valence-corrected chi connectivity index (χ2v) is 16.8. The van der Waals surface area contributed by atoms with Crippen LogP contribution >= 0.6 is 24.4 Å². The van der Waals surface area contributed by atoms with E-state index in [0.29, 0.717) is 12.2 Å². The lowest BCUT2D eigenvalue weighted by atomic mass is 9.97. The molecule has 26 heteroatoms. The Kier molecular flexibility index (Phi) is 27.9. The average molecular weight is 983 g/mol. The van der Waals surface area contributed by atoms with Gasteiger partial charge in [0.05, 0.1) is 12.6 Å². The van der Waals surface area contributed by atoms with Crippen LogP contribution in [0, 0.1) is 5.92 Å². The van der Waals surface area contributed by atoms with Gasteiger partial charge in [-0.25, -0.2) is 4.79 Å². The van der Waals surface area contributed by atoms with Crippen LogP contribution in [0.15, 0.2) is 35.3 Å². The number of thiol groups is 1. The maximum absolute atomic E-state index is 13.9. The summed E-state index contributed by atoms with van der Waals surface area (Å²) in [6, 6.07) is -0.342. The third kappa shape index (κ3) is 23.7. The molecule has 24 nitrogen and oxygen atoms in total. The Morgan fingerprint density at radius 3 is 1.78 bits per heavy atom. The summed E-state index contributed by atoms with van der Waals surface area (Å²) in [4.78, 5) is 132. The number of guanidine groups is 1. The zero-order valence-electron chi connectivity index (χ0n) is 37.8.